The predicted molar refractivity (Wildman–Crippen MR) is 134 cm³/mol. The normalized spacial score (nSPS) is 12.2. The number of benzene rings is 1. The van der Waals surface area contributed by atoms with E-state index >= 15 is 0 Å². The second-order valence-corrected chi connectivity index (χ2v) is 9.71. The number of thioether (sulfide) groups is 1. The molecule has 8 heteroatoms. The molecule has 0 aliphatic heterocycles. The van der Waals surface area contributed by atoms with E-state index in [4.69, 9.17) is 0 Å². The van der Waals surface area contributed by atoms with Crippen LogP contribution in [0.3, 0.4) is 0 Å². The van der Waals surface area contributed by atoms with E-state index in [9.17, 15) is 9.59 Å². The number of pyridine rings is 1. The zero-order valence-electron chi connectivity index (χ0n) is 17.7. The first-order valence-electron chi connectivity index (χ1n) is 10.6. The number of thiophene rings is 1. The molecule has 33 heavy (non-hydrogen) atoms. The molecule has 0 saturated heterocycles. The molecule has 0 saturated carbocycles. The number of fused-ring (bicyclic) bond motifs is 3. The second-order valence-electron chi connectivity index (χ2n) is 7.64. The average molecular weight is 473 g/mol. The summed E-state index contributed by atoms with van der Waals surface area (Å²) in [6.45, 7) is 0. The molecule has 3 aromatic heterocycles. The standard InChI is InChI=1S/C25H20N4O2S2/c30-22(27-18-7-3-5-16(13-18)10-11-17-6-1-2-12-26-17)15-32-14-21-28-24(31)23-19-8-4-9-20(19)33-25(23)29-21/h1-3,5-7,12-13H,4,8-9,14-15H2,(H,27,30)(H,28,29,31). The summed E-state index contributed by atoms with van der Waals surface area (Å²) in [5.74, 6) is 7.29. The molecule has 1 aliphatic rings. The van der Waals surface area contributed by atoms with Crippen LogP contribution < -0.4 is 10.9 Å². The molecule has 6 nitrogen and oxygen atoms in total. The third-order valence-electron chi connectivity index (χ3n) is 5.24. The Balaban J connectivity index is 1.18. The van der Waals surface area contributed by atoms with Crippen LogP contribution in [0, 0.1) is 11.8 Å². The lowest BCUT2D eigenvalue weighted by molar-refractivity contribution is -0.113. The van der Waals surface area contributed by atoms with E-state index in [0.717, 1.165) is 35.0 Å². The molecule has 5 rings (SSSR count). The predicted octanol–water partition coefficient (Wildman–Crippen LogP) is 4.14. The number of hydrogen-bond donors (Lipinski definition) is 2. The van der Waals surface area contributed by atoms with Crippen LogP contribution in [0.4, 0.5) is 5.69 Å². The molecule has 164 valence electrons. The third kappa shape index (κ3) is 5.00. The Morgan fingerprint density at radius 3 is 3.00 bits per heavy atom. The molecular weight excluding hydrogens is 452 g/mol. The fourth-order valence-electron chi connectivity index (χ4n) is 3.80. The number of aromatic amines is 1. The number of carbonyl (C=O) groups excluding carboxylic acids is 1. The molecular formula is C25H20N4O2S2. The zero-order valence-corrected chi connectivity index (χ0v) is 19.3. The Morgan fingerprint density at radius 2 is 2.12 bits per heavy atom. The average Bonchev–Trinajstić information content (AvgIpc) is 3.40. The highest BCUT2D eigenvalue weighted by Crippen LogP contribution is 2.34. The maximum atomic E-state index is 12.5. The Morgan fingerprint density at radius 1 is 1.18 bits per heavy atom. The van der Waals surface area contributed by atoms with Crippen LogP contribution in [-0.4, -0.2) is 26.6 Å². The molecule has 2 N–H and O–H groups in total. The SMILES string of the molecule is O=C(CSCc1nc2sc3c(c2c(=O)[nH]1)CCC3)Nc1cccc(C#Cc2ccccn2)c1. The molecule has 1 amide bonds. The summed E-state index contributed by atoms with van der Waals surface area (Å²) in [4.78, 5) is 38.7. The van der Waals surface area contributed by atoms with Gasteiger partial charge in [-0.15, -0.1) is 23.1 Å². The first-order valence-corrected chi connectivity index (χ1v) is 12.6. The van der Waals surface area contributed by atoms with Gasteiger partial charge in [0.1, 0.15) is 16.3 Å². The summed E-state index contributed by atoms with van der Waals surface area (Å²) in [6.07, 6.45) is 4.82. The lowest BCUT2D eigenvalue weighted by atomic mass is 10.2. The van der Waals surface area contributed by atoms with Crippen LogP contribution in [0.15, 0.2) is 53.5 Å². The van der Waals surface area contributed by atoms with E-state index in [2.05, 4.69) is 32.1 Å². The van der Waals surface area contributed by atoms with E-state index in [1.165, 1.54) is 22.2 Å². The molecule has 4 aromatic rings. The molecule has 1 aromatic carbocycles. The Bertz CT molecular complexity index is 1450. The molecule has 0 unspecified atom stereocenters. The van der Waals surface area contributed by atoms with Gasteiger partial charge in [-0.05, 0) is 61.1 Å². The van der Waals surface area contributed by atoms with Crippen molar-refractivity contribution in [3.63, 3.8) is 0 Å². The molecule has 0 atom stereocenters. The van der Waals surface area contributed by atoms with Gasteiger partial charge in [0, 0.05) is 22.3 Å². The number of hydrogen-bond acceptors (Lipinski definition) is 6. The van der Waals surface area contributed by atoms with Crippen molar-refractivity contribution in [1.82, 2.24) is 15.0 Å². The fraction of sp³-hybridized carbons (Fsp3) is 0.200. The number of H-pyrrole nitrogens is 1. The molecule has 1 aliphatic carbocycles. The fourth-order valence-corrected chi connectivity index (χ4v) is 5.77. The number of nitrogens with one attached hydrogen (secondary N) is 2. The van der Waals surface area contributed by atoms with Gasteiger partial charge in [0.05, 0.1) is 16.9 Å². The minimum atomic E-state index is -0.117. The van der Waals surface area contributed by atoms with Crippen molar-refractivity contribution in [3.05, 3.63) is 86.5 Å². The third-order valence-corrected chi connectivity index (χ3v) is 7.37. The van der Waals surface area contributed by atoms with Gasteiger partial charge in [0.25, 0.3) is 5.56 Å². The van der Waals surface area contributed by atoms with Gasteiger partial charge < -0.3 is 10.3 Å². The van der Waals surface area contributed by atoms with Crippen LogP contribution in [0.25, 0.3) is 10.2 Å². The van der Waals surface area contributed by atoms with E-state index in [1.807, 2.05) is 42.5 Å². The monoisotopic (exact) mass is 472 g/mol. The van der Waals surface area contributed by atoms with Crippen molar-refractivity contribution in [2.45, 2.75) is 25.0 Å². The maximum absolute atomic E-state index is 12.5. The minimum absolute atomic E-state index is 0.0666. The number of anilines is 1. The van der Waals surface area contributed by atoms with Crippen molar-refractivity contribution in [1.29, 1.82) is 0 Å². The first-order chi connectivity index (χ1) is 16.2. The van der Waals surface area contributed by atoms with E-state index in [1.54, 1.807) is 17.5 Å². The highest BCUT2D eigenvalue weighted by Gasteiger charge is 2.21. The van der Waals surface area contributed by atoms with E-state index < -0.39 is 0 Å². The number of rotatable bonds is 5. The number of aryl methyl sites for hydroxylation is 2. The second kappa shape index (κ2) is 9.61. The summed E-state index contributed by atoms with van der Waals surface area (Å²) in [7, 11) is 0. The lowest BCUT2D eigenvalue weighted by Gasteiger charge is -2.06. The summed E-state index contributed by atoms with van der Waals surface area (Å²) >= 11 is 3.04. The van der Waals surface area contributed by atoms with Crippen LogP contribution in [-0.2, 0) is 23.4 Å². The summed E-state index contributed by atoms with van der Waals surface area (Å²) in [5.41, 5.74) is 3.29. The van der Waals surface area contributed by atoms with E-state index in [-0.39, 0.29) is 17.2 Å². The van der Waals surface area contributed by atoms with Gasteiger partial charge in [0.2, 0.25) is 5.91 Å². The quantitative estimate of drug-likeness (QED) is 0.426. The van der Waals surface area contributed by atoms with Gasteiger partial charge in [-0.25, -0.2) is 9.97 Å². The molecule has 0 spiro atoms. The molecule has 0 radical (unpaired) electrons. The van der Waals surface area contributed by atoms with Gasteiger partial charge >= 0.3 is 0 Å². The summed E-state index contributed by atoms with van der Waals surface area (Å²) in [5, 5.41) is 3.65. The molecule has 0 fully saturated rings. The first kappa shape index (κ1) is 21.4. The Kier molecular flexibility index (Phi) is 6.24. The van der Waals surface area contributed by atoms with E-state index in [0.29, 0.717) is 23.0 Å². The van der Waals surface area contributed by atoms with Crippen molar-refractivity contribution in [2.24, 2.45) is 0 Å². The van der Waals surface area contributed by atoms with Crippen LogP contribution in [0.2, 0.25) is 0 Å². The van der Waals surface area contributed by atoms with Crippen LogP contribution in [0.5, 0.6) is 0 Å². The largest absolute Gasteiger partial charge is 0.325 e. The Labute approximate surface area is 198 Å². The summed E-state index contributed by atoms with van der Waals surface area (Å²) in [6, 6.07) is 13.0. The van der Waals surface area contributed by atoms with Crippen molar-refractivity contribution < 1.29 is 4.79 Å². The summed E-state index contributed by atoms with van der Waals surface area (Å²) < 4.78 is 0. The molecule has 3 heterocycles. The number of amides is 1. The Hall–Kier alpha value is -3.41. The topological polar surface area (TPSA) is 87.7 Å². The van der Waals surface area contributed by atoms with Gasteiger partial charge in [-0.3, -0.25) is 9.59 Å². The van der Waals surface area contributed by atoms with Crippen molar-refractivity contribution in [2.75, 3.05) is 11.1 Å². The van der Waals surface area contributed by atoms with Crippen LogP contribution >= 0.6 is 23.1 Å². The number of carbonyl (C=O) groups is 1. The highest BCUT2D eigenvalue weighted by atomic mass is 32.2. The smallest absolute Gasteiger partial charge is 0.259 e. The number of aromatic nitrogens is 3. The lowest BCUT2D eigenvalue weighted by Crippen LogP contribution is -2.15. The highest BCUT2D eigenvalue weighted by molar-refractivity contribution is 7.99. The van der Waals surface area contributed by atoms with Crippen LogP contribution in [0.1, 0.15) is 33.9 Å². The number of nitrogens with zero attached hydrogens (tertiary/aromatic N) is 2. The van der Waals surface area contributed by atoms with Gasteiger partial charge in [-0.1, -0.05) is 18.1 Å². The molecule has 0 bridgehead atoms. The van der Waals surface area contributed by atoms with Gasteiger partial charge in [-0.2, -0.15) is 0 Å². The minimum Gasteiger partial charge on any atom is -0.325 e. The van der Waals surface area contributed by atoms with Crippen molar-refractivity contribution in [3.8, 4) is 11.8 Å². The maximum Gasteiger partial charge on any atom is 0.259 e. The zero-order chi connectivity index (χ0) is 22.6. The van der Waals surface area contributed by atoms with Gasteiger partial charge in [0.15, 0.2) is 0 Å². The van der Waals surface area contributed by atoms with Crippen molar-refractivity contribution >= 4 is 44.9 Å².